The maximum Gasteiger partial charge on any atom is 0.348 e. The third-order valence-corrected chi connectivity index (χ3v) is 1.94. The Hall–Kier alpha value is -1.71. The zero-order chi connectivity index (χ0) is 10.1. The molecule has 0 bridgehead atoms. The van der Waals surface area contributed by atoms with Crippen molar-refractivity contribution >= 4 is 10.9 Å². The number of hydrogen-bond acceptors (Lipinski definition) is 4. The van der Waals surface area contributed by atoms with Crippen LogP contribution in [0.5, 0.6) is 0 Å². The van der Waals surface area contributed by atoms with Crippen molar-refractivity contribution in [1.29, 1.82) is 0 Å². The van der Waals surface area contributed by atoms with Gasteiger partial charge >= 0.3 is 5.63 Å². The summed E-state index contributed by atoms with van der Waals surface area (Å²) < 4.78 is 5.05. The molecule has 4 heteroatoms. The predicted octanol–water partition coefficient (Wildman–Crippen LogP) is 1.71. The molecule has 0 atom stereocenters. The quantitative estimate of drug-likeness (QED) is 0.686. The molecule has 0 aliphatic carbocycles. The van der Waals surface area contributed by atoms with Crippen LogP contribution in [0.25, 0.3) is 10.9 Å². The van der Waals surface area contributed by atoms with Gasteiger partial charge in [-0.15, -0.1) is 0 Å². The van der Waals surface area contributed by atoms with E-state index in [0.717, 1.165) is 0 Å². The molecular weight excluding hydrogens is 180 g/mol. The predicted molar refractivity (Wildman–Crippen MR) is 52.2 cm³/mol. The molecule has 0 fully saturated rings. The second-order valence-electron chi connectivity index (χ2n) is 3.39. The summed E-state index contributed by atoms with van der Waals surface area (Å²) in [5.41, 5.74) is 0.270. The van der Waals surface area contributed by atoms with Crippen LogP contribution in [0.4, 0.5) is 0 Å². The molecule has 0 N–H and O–H groups in total. The van der Waals surface area contributed by atoms with E-state index in [9.17, 15) is 4.79 Å². The van der Waals surface area contributed by atoms with E-state index in [1.165, 1.54) is 6.20 Å². The smallest absolute Gasteiger partial charge is 0.348 e. The number of fused-ring (bicyclic) bond motifs is 1. The molecule has 0 saturated heterocycles. The van der Waals surface area contributed by atoms with Gasteiger partial charge < -0.3 is 4.42 Å². The molecule has 0 radical (unpaired) electrons. The Morgan fingerprint density at radius 3 is 2.93 bits per heavy atom. The van der Waals surface area contributed by atoms with Gasteiger partial charge in [-0.25, -0.2) is 9.78 Å². The van der Waals surface area contributed by atoms with Crippen molar-refractivity contribution < 1.29 is 4.42 Å². The Labute approximate surface area is 80.6 Å². The standard InChI is InChI=1S/C10H10N2O2/c1-6(2)9-12-8-3-4-11-5-7(8)10(13)14-9/h3-6H,1-2H3. The van der Waals surface area contributed by atoms with E-state index in [0.29, 0.717) is 16.8 Å². The fourth-order valence-electron chi connectivity index (χ4n) is 1.18. The Bertz CT molecular complexity index is 517. The van der Waals surface area contributed by atoms with Crippen molar-refractivity contribution in [2.45, 2.75) is 19.8 Å². The highest BCUT2D eigenvalue weighted by atomic mass is 16.4. The summed E-state index contributed by atoms with van der Waals surface area (Å²) in [4.78, 5) is 19.5. The molecule has 0 aliphatic heterocycles. The summed E-state index contributed by atoms with van der Waals surface area (Å²) in [6.45, 7) is 3.86. The highest BCUT2D eigenvalue weighted by Crippen LogP contribution is 2.12. The van der Waals surface area contributed by atoms with E-state index in [-0.39, 0.29) is 11.5 Å². The third-order valence-electron chi connectivity index (χ3n) is 1.94. The molecule has 0 aliphatic rings. The minimum absolute atomic E-state index is 0.111. The highest BCUT2D eigenvalue weighted by Gasteiger charge is 2.08. The Morgan fingerprint density at radius 1 is 1.43 bits per heavy atom. The van der Waals surface area contributed by atoms with E-state index < -0.39 is 0 Å². The van der Waals surface area contributed by atoms with Crippen molar-refractivity contribution in [2.24, 2.45) is 0 Å². The molecule has 0 saturated carbocycles. The first kappa shape index (κ1) is 8.87. The van der Waals surface area contributed by atoms with Crippen molar-refractivity contribution in [3.63, 3.8) is 0 Å². The molecule has 2 heterocycles. The minimum atomic E-state index is -0.369. The third kappa shape index (κ3) is 1.39. The van der Waals surface area contributed by atoms with Gasteiger partial charge in [0.1, 0.15) is 5.39 Å². The van der Waals surface area contributed by atoms with Crippen molar-refractivity contribution in [2.75, 3.05) is 0 Å². The van der Waals surface area contributed by atoms with Crippen LogP contribution >= 0.6 is 0 Å². The van der Waals surface area contributed by atoms with Crippen molar-refractivity contribution in [3.05, 3.63) is 34.8 Å². The zero-order valence-electron chi connectivity index (χ0n) is 8.02. The van der Waals surface area contributed by atoms with E-state index in [2.05, 4.69) is 9.97 Å². The van der Waals surface area contributed by atoms with Crippen LogP contribution in [0, 0.1) is 0 Å². The minimum Gasteiger partial charge on any atom is -0.408 e. The van der Waals surface area contributed by atoms with Gasteiger partial charge in [-0.1, -0.05) is 13.8 Å². The summed E-state index contributed by atoms with van der Waals surface area (Å²) in [6.07, 6.45) is 3.08. The zero-order valence-corrected chi connectivity index (χ0v) is 8.02. The maximum absolute atomic E-state index is 11.5. The number of aromatic nitrogens is 2. The lowest BCUT2D eigenvalue weighted by Gasteiger charge is -2.02. The summed E-state index contributed by atoms with van der Waals surface area (Å²) in [5, 5.41) is 0.428. The van der Waals surface area contributed by atoms with Crippen LogP contribution in [-0.2, 0) is 0 Å². The lowest BCUT2D eigenvalue weighted by molar-refractivity contribution is 0.424. The van der Waals surface area contributed by atoms with Gasteiger partial charge in [-0.05, 0) is 6.07 Å². The van der Waals surface area contributed by atoms with Gasteiger partial charge in [-0.3, -0.25) is 4.98 Å². The van der Waals surface area contributed by atoms with Crippen molar-refractivity contribution in [1.82, 2.24) is 9.97 Å². The summed E-state index contributed by atoms with van der Waals surface area (Å²) >= 11 is 0. The first-order chi connectivity index (χ1) is 6.68. The molecule has 2 aromatic heterocycles. The summed E-state index contributed by atoms with van der Waals surface area (Å²) in [6, 6.07) is 1.71. The highest BCUT2D eigenvalue weighted by molar-refractivity contribution is 5.75. The van der Waals surface area contributed by atoms with E-state index >= 15 is 0 Å². The molecule has 2 rings (SSSR count). The average molecular weight is 190 g/mol. The van der Waals surface area contributed by atoms with Crippen LogP contribution in [0.2, 0.25) is 0 Å². The molecule has 0 unspecified atom stereocenters. The molecule has 0 spiro atoms. The van der Waals surface area contributed by atoms with E-state index in [1.807, 2.05) is 13.8 Å². The number of nitrogens with zero attached hydrogens (tertiary/aromatic N) is 2. The Balaban J connectivity index is 2.79. The van der Waals surface area contributed by atoms with Crippen LogP contribution < -0.4 is 5.63 Å². The normalized spacial score (nSPS) is 11.1. The fourth-order valence-corrected chi connectivity index (χ4v) is 1.18. The van der Waals surface area contributed by atoms with Gasteiger partial charge in [-0.2, -0.15) is 0 Å². The van der Waals surface area contributed by atoms with Crippen LogP contribution in [0.1, 0.15) is 25.7 Å². The summed E-state index contributed by atoms with van der Waals surface area (Å²) in [7, 11) is 0. The number of rotatable bonds is 1. The molecule has 0 aromatic carbocycles. The molecule has 72 valence electrons. The van der Waals surface area contributed by atoms with Gasteiger partial charge in [0, 0.05) is 18.3 Å². The van der Waals surface area contributed by atoms with Crippen molar-refractivity contribution in [3.8, 4) is 0 Å². The molecule has 2 aromatic rings. The molecule has 0 amide bonds. The first-order valence-corrected chi connectivity index (χ1v) is 4.43. The summed E-state index contributed by atoms with van der Waals surface area (Å²) in [5.74, 6) is 0.578. The second-order valence-corrected chi connectivity index (χ2v) is 3.39. The lowest BCUT2D eigenvalue weighted by Crippen LogP contribution is -2.06. The number of pyridine rings is 1. The monoisotopic (exact) mass is 190 g/mol. The Kier molecular flexibility index (Phi) is 2.04. The fraction of sp³-hybridized carbons (Fsp3) is 0.300. The van der Waals surface area contributed by atoms with Gasteiger partial charge in [0.2, 0.25) is 5.89 Å². The first-order valence-electron chi connectivity index (χ1n) is 4.43. The SMILES string of the molecule is CC(C)c1nc2ccncc2c(=O)o1. The van der Waals surface area contributed by atoms with Crippen LogP contribution in [0.15, 0.2) is 27.7 Å². The van der Waals surface area contributed by atoms with Gasteiger partial charge in [0.05, 0.1) is 5.52 Å². The van der Waals surface area contributed by atoms with Gasteiger partial charge in [0.25, 0.3) is 0 Å². The van der Waals surface area contributed by atoms with Gasteiger partial charge in [0.15, 0.2) is 0 Å². The molecule has 14 heavy (non-hydrogen) atoms. The number of hydrogen-bond donors (Lipinski definition) is 0. The van der Waals surface area contributed by atoms with Crippen LogP contribution in [-0.4, -0.2) is 9.97 Å². The topological polar surface area (TPSA) is 56.0 Å². The molecule has 4 nitrogen and oxygen atoms in total. The average Bonchev–Trinajstić information content (AvgIpc) is 2.17. The van der Waals surface area contributed by atoms with E-state index in [4.69, 9.17) is 4.42 Å². The molecular formula is C10H10N2O2. The van der Waals surface area contributed by atoms with Crippen LogP contribution in [0.3, 0.4) is 0 Å². The second kappa shape index (κ2) is 3.21. The Morgan fingerprint density at radius 2 is 2.21 bits per heavy atom. The largest absolute Gasteiger partial charge is 0.408 e. The van der Waals surface area contributed by atoms with E-state index in [1.54, 1.807) is 12.3 Å². The maximum atomic E-state index is 11.5. The lowest BCUT2D eigenvalue weighted by atomic mass is 10.2.